The summed E-state index contributed by atoms with van der Waals surface area (Å²) in [6.07, 6.45) is 5.29. The zero-order valence-electron chi connectivity index (χ0n) is 9.64. The van der Waals surface area contributed by atoms with E-state index in [1.807, 2.05) is 25.1 Å². The summed E-state index contributed by atoms with van der Waals surface area (Å²) in [5, 5.41) is 0. The number of hydrogen-bond donors (Lipinski definition) is 1. The molecule has 0 saturated heterocycles. The van der Waals surface area contributed by atoms with E-state index in [1.54, 1.807) is 16.7 Å². The number of carbonyl (C=O) groups is 1. The summed E-state index contributed by atoms with van der Waals surface area (Å²) in [6, 6.07) is 5.92. The minimum atomic E-state index is -0.000360. The van der Waals surface area contributed by atoms with Crippen LogP contribution in [0.3, 0.4) is 0 Å². The predicted octanol–water partition coefficient (Wildman–Crippen LogP) is 1.78. The number of fused-ring (bicyclic) bond motifs is 1. The van der Waals surface area contributed by atoms with Gasteiger partial charge in [0, 0.05) is 10.9 Å². The highest BCUT2D eigenvalue weighted by Gasteiger charge is 2.24. The zero-order valence-corrected chi connectivity index (χ0v) is 10.5. The van der Waals surface area contributed by atoms with Crippen LogP contribution in [0.5, 0.6) is 0 Å². The monoisotopic (exact) mass is 246 g/mol. The number of benzene rings is 1. The minimum absolute atomic E-state index is 0.000360. The number of amides is 1. The van der Waals surface area contributed by atoms with Gasteiger partial charge in [0.1, 0.15) is 0 Å². The number of nitrogens with zero attached hydrogens (tertiary/aromatic N) is 1. The number of hydrogen-bond acceptors (Lipinski definition) is 3. The topological polar surface area (TPSA) is 46.3 Å². The third kappa shape index (κ3) is 2.31. The van der Waals surface area contributed by atoms with Gasteiger partial charge in [0.25, 0.3) is 0 Å². The van der Waals surface area contributed by atoms with Crippen LogP contribution in [0.4, 0.5) is 5.69 Å². The molecule has 3 nitrogen and oxygen atoms in total. The van der Waals surface area contributed by atoms with Gasteiger partial charge in [-0.15, -0.1) is 18.2 Å². The van der Waals surface area contributed by atoms with Crippen molar-refractivity contribution < 1.29 is 4.79 Å². The number of terminal acetylenes is 1. The second-order valence-corrected chi connectivity index (χ2v) is 5.01. The molecule has 0 aliphatic carbocycles. The van der Waals surface area contributed by atoms with Crippen LogP contribution in [0.25, 0.3) is 0 Å². The summed E-state index contributed by atoms with van der Waals surface area (Å²) in [6.45, 7) is 2.27. The molecule has 1 heterocycles. The summed E-state index contributed by atoms with van der Waals surface area (Å²) < 4.78 is 0. The Kier molecular flexibility index (Phi) is 3.41. The lowest BCUT2D eigenvalue weighted by molar-refractivity contribution is -0.116. The maximum Gasteiger partial charge on any atom is 0.238 e. The lowest BCUT2D eigenvalue weighted by Crippen LogP contribution is -2.35. The molecule has 0 aromatic heterocycles. The van der Waals surface area contributed by atoms with Crippen LogP contribution < -0.4 is 10.6 Å². The molecule has 2 rings (SSSR count). The highest BCUT2D eigenvalue weighted by Crippen LogP contribution is 2.36. The largest absolute Gasteiger partial charge is 0.324 e. The lowest BCUT2D eigenvalue weighted by atomic mass is 10.1. The average molecular weight is 246 g/mol. The fraction of sp³-hybridized carbons (Fsp3) is 0.308. The maximum atomic E-state index is 11.8. The van der Waals surface area contributed by atoms with Crippen LogP contribution in [0.15, 0.2) is 23.1 Å². The molecule has 1 aliphatic heterocycles. The Morgan fingerprint density at radius 2 is 2.41 bits per heavy atom. The standard InChI is InChI=1S/C13H14N2OS/c1-3-6-15-11-5-4-10(9(2)14)7-12(11)17-8-13(15)16/h1,4-5,7,9H,6,8,14H2,2H3. The first-order chi connectivity index (χ1) is 8.13. The van der Waals surface area contributed by atoms with Crippen LogP contribution in [0.1, 0.15) is 18.5 Å². The van der Waals surface area contributed by atoms with Gasteiger partial charge in [-0.2, -0.15) is 0 Å². The van der Waals surface area contributed by atoms with Crippen molar-refractivity contribution in [3.8, 4) is 12.3 Å². The first-order valence-electron chi connectivity index (χ1n) is 5.39. The van der Waals surface area contributed by atoms with Gasteiger partial charge in [-0.25, -0.2) is 0 Å². The van der Waals surface area contributed by atoms with Gasteiger partial charge in [-0.1, -0.05) is 12.0 Å². The van der Waals surface area contributed by atoms with Crippen molar-refractivity contribution in [2.75, 3.05) is 17.2 Å². The second kappa shape index (κ2) is 4.82. The quantitative estimate of drug-likeness (QED) is 0.809. The molecule has 0 bridgehead atoms. The zero-order chi connectivity index (χ0) is 12.4. The molecule has 0 saturated carbocycles. The molecular formula is C13H14N2OS. The van der Waals surface area contributed by atoms with Crippen molar-refractivity contribution in [2.24, 2.45) is 5.73 Å². The molecule has 4 heteroatoms. The first kappa shape index (κ1) is 12.0. The van der Waals surface area contributed by atoms with Crippen molar-refractivity contribution in [3.05, 3.63) is 23.8 Å². The fourth-order valence-corrected chi connectivity index (χ4v) is 2.75. The highest BCUT2D eigenvalue weighted by molar-refractivity contribution is 8.00. The van der Waals surface area contributed by atoms with Gasteiger partial charge >= 0.3 is 0 Å². The normalized spacial score (nSPS) is 16.3. The molecule has 17 heavy (non-hydrogen) atoms. The number of rotatable bonds is 2. The third-order valence-corrected chi connectivity index (χ3v) is 3.73. The Morgan fingerprint density at radius 1 is 1.65 bits per heavy atom. The van der Waals surface area contributed by atoms with Crippen molar-refractivity contribution in [3.63, 3.8) is 0 Å². The van der Waals surface area contributed by atoms with E-state index in [-0.39, 0.29) is 11.9 Å². The summed E-state index contributed by atoms with van der Waals surface area (Å²) in [7, 11) is 0. The molecule has 1 atom stereocenters. The molecule has 0 radical (unpaired) electrons. The highest BCUT2D eigenvalue weighted by atomic mass is 32.2. The Balaban J connectivity index is 2.41. The van der Waals surface area contributed by atoms with Gasteiger partial charge in [-0.3, -0.25) is 9.69 Å². The number of nitrogens with two attached hydrogens (primary N) is 1. The summed E-state index contributed by atoms with van der Waals surface area (Å²) in [5.74, 6) is 3.02. The van der Waals surface area contributed by atoms with E-state index in [0.29, 0.717) is 12.3 Å². The minimum Gasteiger partial charge on any atom is -0.324 e. The van der Waals surface area contributed by atoms with Crippen LogP contribution >= 0.6 is 11.8 Å². The molecule has 0 fully saturated rings. The van der Waals surface area contributed by atoms with E-state index >= 15 is 0 Å². The SMILES string of the molecule is C#CCN1C(=O)CSc2cc(C(C)N)ccc21. The van der Waals surface area contributed by atoms with Gasteiger partial charge in [0.2, 0.25) is 5.91 Å². The lowest BCUT2D eigenvalue weighted by Gasteiger charge is -2.28. The van der Waals surface area contributed by atoms with Crippen LogP contribution in [0.2, 0.25) is 0 Å². The van der Waals surface area contributed by atoms with Crippen molar-refractivity contribution in [1.82, 2.24) is 0 Å². The van der Waals surface area contributed by atoms with Crippen molar-refractivity contribution in [2.45, 2.75) is 17.9 Å². The number of anilines is 1. The molecule has 1 aromatic rings. The van der Waals surface area contributed by atoms with Gasteiger partial charge < -0.3 is 5.73 Å². The average Bonchev–Trinajstić information content (AvgIpc) is 2.32. The van der Waals surface area contributed by atoms with E-state index < -0.39 is 0 Å². The smallest absolute Gasteiger partial charge is 0.238 e. The summed E-state index contributed by atoms with van der Waals surface area (Å²) in [5.41, 5.74) is 7.82. The molecule has 1 unspecified atom stereocenters. The molecular weight excluding hydrogens is 232 g/mol. The molecule has 1 aliphatic rings. The van der Waals surface area contributed by atoms with Crippen molar-refractivity contribution >= 4 is 23.4 Å². The van der Waals surface area contributed by atoms with Gasteiger partial charge in [-0.05, 0) is 24.6 Å². The van der Waals surface area contributed by atoms with Crippen molar-refractivity contribution in [1.29, 1.82) is 0 Å². The van der Waals surface area contributed by atoms with E-state index in [1.165, 1.54) is 0 Å². The Labute approximate surface area is 105 Å². The number of thioether (sulfide) groups is 1. The molecule has 0 spiro atoms. The number of carbonyl (C=O) groups excluding carboxylic acids is 1. The Bertz CT molecular complexity index is 491. The van der Waals surface area contributed by atoms with E-state index in [0.717, 1.165) is 16.1 Å². The van der Waals surface area contributed by atoms with E-state index in [2.05, 4.69) is 5.92 Å². The van der Waals surface area contributed by atoms with E-state index in [9.17, 15) is 4.79 Å². The molecule has 2 N–H and O–H groups in total. The predicted molar refractivity (Wildman–Crippen MR) is 71.0 cm³/mol. The van der Waals surface area contributed by atoms with E-state index in [4.69, 9.17) is 12.2 Å². The van der Waals surface area contributed by atoms with Crippen LogP contribution in [-0.2, 0) is 4.79 Å². The summed E-state index contributed by atoms with van der Waals surface area (Å²) in [4.78, 5) is 14.5. The maximum absolute atomic E-state index is 11.8. The fourth-order valence-electron chi connectivity index (χ4n) is 1.77. The van der Waals surface area contributed by atoms with Gasteiger partial charge in [0.05, 0.1) is 18.0 Å². The first-order valence-corrected chi connectivity index (χ1v) is 6.38. The molecule has 1 aromatic carbocycles. The second-order valence-electron chi connectivity index (χ2n) is 3.99. The van der Waals surface area contributed by atoms with Crippen LogP contribution in [-0.4, -0.2) is 18.2 Å². The van der Waals surface area contributed by atoms with Crippen LogP contribution in [0, 0.1) is 12.3 Å². The molecule has 88 valence electrons. The Hall–Kier alpha value is -1.44. The van der Waals surface area contributed by atoms with Gasteiger partial charge in [0.15, 0.2) is 0 Å². The summed E-state index contributed by atoms with van der Waals surface area (Å²) >= 11 is 1.54. The Morgan fingerprint density at radius 3 is 3.06 bits per heavy atom. The third-order valence-electron chi connectivity index (χ3n) is 2.70. The molecule has 1 amide bonds.